The maximum absolute atomic E-state index is 11.0. The molecule has 0 bridgehead atoms. The summed E-state index contributed by atoms with van der Waals surface area (Å²) in [6.07, 6.45) is 5.73. The molecule has 0 saturated heterocycles. The van der Waals surface area contributed by atoms with Crippen molar-refractivity contribution in [2.24, 2.45) is 0 Å². The normalized spacial score (nSPS) is 16.3. The van der Waals surface area contributed by atoms with E-state index in [4.69, 9.17) is 0 Å². The number of anilines is 2. The van der Waals surface area contributed by atoms with E-state index in [1.807, 2.05) is 0 Å². The Bertz CT molecular complexity index is 430. The zero-order valence-corrected chi connectivity index (χ0v) is 10.5. The molecule has 1 saturated carbocycles. The van der Waals surface area contributed by atoms with Crippen LogP contribution in [0, 0.1) is 10.1 Å². The molecule has 1 aliphatic carbocycles. The lowest BCUT2D eigenvalue weighted by Crippen LogP contribution is -2.23. The second kappa shape index (κ2) is 5.66. The van der Waals surface area contributed by atoms with Gasteiger partial charge in [0.05, 0.1) is 4.92 Å². The van der Waals surface area contributed by atoms with Crippen LogP contribution in [0.4, 0.5) is 17.3 Å². The number of nitrogens with one attached hydrogen (secondary N) is 2. The maximum Gasteiger partial charge on any atom is 0.311 e. The highest BCUT2D eigenvalue weighted by Crippen LogP contribution is 2.27. The van der Waals surface area contributed by atoms with Crippen molar-refractivity contribution in [1.29, 1.82) is 0 Å². The van der Waals surface area contributed by atoms with Crippen molar-refractivity contribution in [3.8, 4) is 0 Å². The molecule has 1 fully saturated rings. The summed E-state index contributed by atoms with van der Waals surface area (Å²) in [7, 11) is 1.75. The molecule has 1 heterocycles. The highest BCUT2D eigenvalue weighted by molar-refractivity contribution is 5.60. The zero-order chi connectivity index (χ0) is 13.0. The third kappa shape index (κ3) is 2.88. The minimum Gasteiger partial charge on any atom is -0.373 e. The van der Waals surface area contributed by atoms with E-state index in [0.29, 0.717) is 17.7 Å². The largest absolute Gasteiger partial charge is 0.373 e. The summed E-state index contributed by atoms with van der Waals surface area (Å²) in [6.45, 7) is 0. The molecular weight excluding hydrogens is 232 g/mol. The fraction of sp³-hybridized carbons (Fsp3) is 0.583. The minimum atomic E-state index is -0.391. The Balaban J connectivity index is 2.19. The second-order valence-electron chi connectivity index (χ2n) is 4.55. The van der Waals surface area contributed by atoms with Gasteiger partial charge in [-0.15, -0.1) is 0 Å². The number of pyridine rings is 1. The van der Waals surface area contributed by atoms with E-state index < -0.39 is 4.92 Å². The number of hydrogen-bond acceptors (Lipinski definition) is 5. The topological polar surface area (TPSA) is 80.1 Å². The van der Waals surface area contributed by atoms with Crippen LogP contribution in [0.3, 0.4) is 0 Å². The molecule has 0 spiro atoms. The first-order valence-electron chi connectivity index (χ1n) is 6.30. The van der Waals surface area contributed by atoms with E-state index in [0.717, 1.165) is 12.8 Å². The van der Waals surface area contributed by atoms with Crippen LogP contribution in [0.2, 0.25) is 0 Å². The average Bonchev–Trinajstić information content (AvgIpc) is 2.39. The van der Waals surface area contributed by atoms with Gasteiger partial charge in [0.15, 0.2) is 0 Å². The van der Waals surface area contributed by atoms with Crippen LogP contribution >= 0.6 is 0 Å². The SMILES string of the molecule is CNc1ccc([N+](=O)[O-])c(NC2CCCCC2)n1. The van der Waals surface area contributed by atoms with Gasteiger partial charge in [0.25, 0.3) is 0 Å². The fourth-order valence-corrected chi connectivity index (χ4v) is 2.28. The van der Waals surface area contributed by atoms with Crippen LogP contribution in [0.15, 0.2) is 12.1 Å². The summed E-state index contributed by atoms with van der Waals surface area (Å²) < 4.78 is 0. The van der Waals surface area contributed by atoms with Crippen LogP contribution < -0.4 is 10.6 Å². The number of rotatable bonds is 4. The van der Waals surface area contributed by atoms with Crippen LogP contribution in [0.5, 0.6) is 0 Å². The summed E-state index contributed by atoms with van der Waals surface area (Å²) in [4.78, 5) is 14.8. The quantitative estimate of drug-likeness (QED) is 0.634. The third-order valence-electron chi connectivity index (χ3n) is 3.27. The van der Waals surface area contributed by atoms with E-state index in [1.54, 1.807) is 13.1 Å². The highest BCUT2D eigenvalue weighted by atomic mass is 16.6. The molecule has 0 radical (unpaired) electrons. The van der Waals surface area contributed by atoms with Crippen molar-refractivity contribution in [1.82, 2.24) is 4.98 Å². The van der Waals surface area contributed by atoms with Crippen LogP contribution in [0.25, 0.3) is 0 Å². The number of hydrogen-bond donors (Lipinski definition) is 2. The van der Waals surface area contributed by atoms with Crippen molar-refractivity contribution in [3.05, 3.63) is 22.2 Å². The molecule has 0 atom stereocenters. The number of nitro groups is 1. The van der Waals surface area contributed by atoms with Crippen molar-refractivity contribution in [2.75, 3.05) is 17.7 Å². The number of nitrogens with zero attached hydrogens (tertiary/aromatic N) is 2. The standard InChI is InChI=1S/C12H18N4O2/c1-13-11-8-7-10(16(17)18)12(15-11)14-9-5-3-2-4-6-9/h7-9H,2-6H2,1H3,(H2,13,14,15). The summed E-state index contributed by atoms with van der Waals surface area (Å²) in [6, 6.07) is 3.41. The molecule has 0 aromatic carbocycles. The number of aromatic nitrogens is 1. The molecule has 1 aromatic rings. The summed E-state index contributed by atoms with van der Waals surface area (Å²) in [5.74, 6) is 1.01. The van der Waals surface area contributed by atoms with Gasteiger partial charge < -0.3 is 10.6 Å². The molecule has 6 nitrogen and oxygen atoms in total. The van der Waals surface area contributed by atoms with E-state index in [1.165, 1.54) is 25.3 Å². The molecule has 98 valence electrons. The predicted molar refractivity (Wildman–Crippen MR) is 70.9 cm³/mol. The fourth-order valence-electron chi connectivity index (χ4n) is 2.28. The summed E-state index contributed by atoms with van der Waals surface area (Å²) >= 11 is 0. The highest BCUT2D eigenvalue weighted by Gasteiger charge is 2.20. The second-order valence-corrected chi connectivity index (χ2v) is 4.55. The van der Waals surface area contributed by atoms with Gasteiger partial charge in [-0.05, 0) is 18.9 Å². The Hall–Kier alpha value is -1.85. The minimum absolute atomic E-state index is 0.0413. The van der Waals surface area contributed by atoms with Crippen LogP contribution in [-0.2, 0) is 0 Å². The Labute approximate surface area is 106 Å². The van der Waals surface area contributed by atoms with Crippen LogP contribution in [0.1, 0.15) is 32.1 Å². The Morgan fingerprint density at radius 2 is 2.06 bits per heavy atom. The molecule has 2 N–H and O–H groups in total. The Morgan fingerprint density at radius 1 is 1.33 bits per heavy atom. The zero-order valence-electron chi connectivity index (χ0n) is 10.5. The maximum atomic E-state index is 11.0. The van der Waals surface area contributed by atoms with Gasteiger partial charge in [0.1, 0.15) is 5.82 Å². The molecule has 0 unspecified atom stereocenters. The van der Waals surface area contributed by atoms with Gasteiger partial charge in [0, 0.05) is 19.2 Å². The molecule has 0 aliphatic heterocycles. The van der Waals surface area contributed by atoms with Crippen molar-refractivity contribution in [3.63, 3.8) is 0 Å². The van der Waals surface area contributed by atoms with Crippen molar-refractivity contribution in [2.45, 2.75) is 38.1 Å². The predicted octanol–water partition coefficient (Wildman–Crippen LogP) is 2.78. The van der Waals surface area contributed by atoms with E-state index in [9.17, 15) is 10.1 Å². The molecule has 0 amide bonds. The van der Waals surface area contributed by atoms with Gasteiger partial charge in [-0.1, -0.05) is 19.3 Å². The van der Waals surface area contributed by atoms with Crippen molar-refractivity contribution < 1.29 is 4.92 Å². The lowest BCUT2D eigenvalue weighted by Gasteiger charge is -2.23. The van der Waals surface area contributed by atoms with Gasteiger partial charge in [-0.25, -0.2) is 4.98 Å². The average molecular weight is 250 g/mol. The molecular formula is C12H18N4O2. The van der Waals surface area contributed by atoms with Gasteiger partial charge in [0.2, 0.25) is 5.82 Å². The lowest BCUT2D eigenvalue weighted by atomic mass is 9.95. The Morgan fingerprint density at radius 3 is 2.67 bits per heavy atom. The first-order valence-corrected chi connectivity index (χ1v) is 6.30. The molecule has 1 aliphatic rings. The summed E-state index contributed by atoms with van der Waals surface area (Å²) in [5.41, 5.74) is 0.0413. The monoisotopic (exact) mass is 250 g/mol. The molecule has 2 rings (SSSR count). The van der Waals surface area contributed by atoms with Gasteiger partial charge >= 0.3 is 5.69 Å². The molecule has 1 aromatic heterocycles. The van der Waals surface area contributed by atoms with E-state index >= 15 is 0 Å². The Kier molecular flexibility index (Phi) is 3.96. The van der Waals surface area contributed by atoms with Crippen molar-refractivity contribution >= 4 is 17.3 Å². The summed E-state index contributed by atoms with van der Waals surface area (Å²) in [5, 5.41) is 17.1. The van der Waals surface area contributed by atoms with E-state index in [-0.39, 0.29) is 5.69 Å². The van der Waals surface area contributed by atoms with E-state index in [2.05, 4.69) is 15.6 Å². The molecule has 18 heavy (non-hydrogen) atoms. The first-order chi connectivity index (χ1) is 8.70. The van der Waals surface area contributed by atoms with Crippen LogP contribution in [-0.4, -0.2) is 23.0 Å². The third-order valence-corrected chi connectivity index (χ3v) is 3.27. The first kappa shape index (κ1) is 12.6. The lowest BCUT2D eigenvalue weighted by molar-refractivity contribution is -0.384. The van der Waals surface area contributed by atoms with Gasteiger partial charge in [-0.2, -0.15) is 0 Å². The van der Waals surface area contributed by atoms with Gasteiger partial charge in [-0.3, -0.25) is 10.1 Å². The molecule has 6 heteroatoms. The smallest absolute Gasteiger partial charge is 0.311 e.